The SMILES string of the molecule is C=CC(=O)OCCCCOc1ccc(C(=O)Oc2ccc3c(c2)C(C)c2cc(OC(=O)C(=C)CC(=O)OC)ccc2-3)cc1C. The van der Waals surface area contributed by atoms with Crippen molar-refractivity contribution in [3.05, 3.63) is 102 Å². The van der Waals surface area contributed by atoms with E-state index < -0.39 is 23.9 Å². The average Bonchev–Trinajstić information content (AvgIpc) is 3.29. The standard InChI is InChI=1S/C35H34O9/c1-6-32(36)42-16-8-7-15-41-31-14-9-24(17-21(31)2)35(39)44-26-11-13-28-27-12-10-25(19-29(27)23(4)30(28)20-26)43-34(38)22(3)18-33(37)40-5/h6,9-14,17,19-20,23H,1,3,7-8,15-16,18H2,2,4-5H3. The number of carbonyl (C=O) groups excluding carboxylic acids is 4. The van der Waals surface area contributed by atoms with Gasteiger partial charge in [0.1, 0.15) is 17.2 Å². The van der Waals surface area contributed by atoms with E-state index in [4.69, 9.17) is 18.9 Å². The fourth-order valence-corrected chi connectivity index (χ4v) is 4.80. The number of aryl methyl sites for hydroxylation is 1. The van der Waals surface area contributed by atoms with Crippen molar-refractivity contribution in [1.82, 2.24) is 0 Å². The molecule has 0 aliphatic heterocycles. The molecule has 1 aliphatic rings. The van der Waals surface area contributed by atoms with Crippen LogP contribution in [0.1, 0.15) is 59.2 Å². The third-order valence-electron chi connectivity index (χ3n) is 7.18. The van der Waals surface area contributed by atoms with Gasteiger partial charge in [-0.1, -0.05) is 32.2 Å². The fourth-order valence-electron chi connectivity index (χ4n) is 4.80. The first-order valence-electron chi connectivity index (χ1n) is 14.1. The molecule has 1 aliphatic carbocycles. The van der Waals surface area contributed by atoms with E-state index in [0.717, 1.165) is 33.9 Å². The van der Waals surface area contributed by atoms with Crippen molar-refractivity contribution in [2.75, 3.05) is 20.3 Å². The summed E-state index contributed by atoms with van der Waals surface area (Å²) in [5, 5.41) is 0. The van der Waals surface area contributed by atoms with Crippen molar-refractivity contribution < 1.29 is 42.9 Å². The molecule has 0 heterocycles. The number of benzene rings is 3. The maximum Gasteiger partial charge on any atom is 0.343 e. The molecule has 0 amide bonds. The number of esters is 4. The van der Waals surface area contributed by atoms with Gasteiger partial charge in [0.05, 0.1) is 32.3 Å². The van der Waals surface area contributed by atoms with Gasteiger partial charge in [0.2, 0.25) is 0 Å². The molecule has 228 valence electrons. The largest absolute Gasteiger partial charge is 0.493 e. The van der Waals surface area contributed by atoms with Gasteiger partial charge in [-0.2, -0.15) is 0 Å². The molecular formula is C35H34O9. The van der Waals surface area contributed by atoms with Crippen molar-refractivity contribution in [3.8, 4) is 28.4 Å². The minimum Gasteiger partial charge on any atom is -0.493 e. The fraction of sp³-hybridized carbons (Fsp3) is 0.257. The summed E-state index contributed by atoms with van der Waals surface area (Å²) in [5.74, 6) is -0.858. The lowest BCUT2D eigenvalue weighted by Crippen LogP contribution is -2.14. The second-order valence-corrected chi connectivity index (χ2v) is 10.3. The van der Waals surface area contributed by atoms with E-state index in [1.54, 1.807) is 36.4 Å². The highest BCUT2D eigenvalue weighted by molar-refractivity contribution is 5.95. The van der Waals surface area contributed by atoms with Crippen molar-refractivity contribution in [1.29, 1.82) is 0 Å². The summed E-state index contributed by atoms with van der Waals surface area (Å²) in [5.41, 5.74) is 5.10. The summed E-state index contributed by atoms with van der Waals surface area (Å²) in [6, 6.07) is 16.0. The Morgan fingerprint density at radius 3 is 2.11 bits per heavy atom. The predicted molar refractivity (Wildman–Crippen MR) is 163 cm³/mol. The number of carbonyl (C=O) groups is 4. The number of unbranched alkanes of at least 4 members (excludes halogenated alkanes) is 1. The highest BCUT2D eigenvalue weighted by atomic mass is 16.5. The molecule has 0 saturated carbocycles. The molecule has 0 N–H and O–H groups in total. The van der Waals surface area contributed by atoms with Crippen LogP contribution >= 0.6 is 0 Å². The topological polar surface area (TPSA) is 114 Å². The maximum absolute atomic E-state index is 13.0. The molecule has 0 fully saturated rings. The molecule has 1 atom stereocenters. The lowest BCUT2D eigenvalue weighted by atomic mass is 9.99. The molecule has 0 radical (unpaired) electrons. The van der Waals surface area contributed by atoms with E-state index >= 15 is 0 Å². The summed E-state index contributed by atoms with van der Waals surface area (Å²) in [7, 11) is 1.24. The van der Waals surface area contributed by atoms with Crippen molar-refractivity contribution >= 4 is 23.9 Å². The lowest BCUT2D eigenvalue weighted by Gasteiger charge is -2.12. The number of ether oxygens (including phenoxy) is 5. The van der Waals surface area contributed by atoms with Crippen LogP contribution in [0.15, 0.2) is 79.4 Å². The van der Waals surface area contributed by atoms with E-state index in [9.17, 15) is 19.2 Å². The second kappa shape index (κ2) is 14.3. The molecule has 0 spiro atoms. The van der Waals surface area contributed by atoms with Crippen LogP contribution in [0.25, 0.3) is 11.1 Å². The van der Waals surface area contributed by atoms with E-state index in [1.165, 1.54) is 7.11 Å². The zero-order chi connectivity index (χ0) is 31.8. The number of methoxy groups -OCH3 is 1. The number of hydrogen-bond donors (Lipinski definition) is 0. The van der Waals surface area contributed by atoms with Gasteiger partial charge in [0, 0.05) is 17.6 Å². The molecule has 9 nitrogen and oxygen atoms in total. The first kappa shape index (κ1) is 31.7. The molecule has 4 rings (SSSR count). The molecule has 0 aromatic heterocycles. The van der Waals surface area contributed by atoms with Crippen LogP contribution in [-0.4, -0.2) is 44.2 Å². The molecule has 0 bridgehead atoms. The van der Waals surface area contributed by atoms with Gasteiger partial charge in [0.25, 0.3) is 0 Å². The number of hydrogen-bond acceptors (Lipinski definition) is 9. The highest BCUT2D eigenvalue weighted by Crippen LogP contribution is 2.47. The Bertz CT molecular complexity index is 1620. The third-order valence-corrected chi connectivity index (χ3v) is 7.18. The Morgan fingerprint density at radius 2 is 1.50 bits per heavy atom. The van der Waals surface area contributed by atoms with Gasteiger partial charge < -0.3 is 23.7 Å². The van der Waals surface area contributed by atoms with Gasteiger partial charge >= 0.3 is 23.9 Å². The first-order chi connectivity index (χ1) is 21.1. The second-order valence-electron chi connectivity index (χ2n) is 10.3. The molecular weight excluding hydrogens is 564 g/mol. The smallest absolute Gasteiger partial charge is 0.343 e. The van der Waals surface area contributed by atoms with Crippen molar-refractivity contribution in [2.45, 2.75) is 39.0 Å². The van der Waals surface area contributed by atoms with E-state index in [2.05, 4.69) is 17.9 Å². The summed E-state index contributed by atoms with van der Waals surface area (Å²) < 4.78 is 26.5. The van der Waals surface area contributed by atoms with Gasteiger partial charge in [-0.25, -0.2) is 14.4 Å². The minimum atomic E-state index is -0.703. The van der Waals surface area contributed by atoms with Crippen molar-refractivity contribution in [3.63, 3.8) is 0 Å². The minimum absolute atomic E-state index is 0.00167. The summed E-state index contributed by atoms with van der Waals surface area (Å²) >= 11 is 0. The van der Waals surface area contributed by atoms with Crippen LogP contribution in [0.5, 0.6) is 17.2 Å². The number of fused-ring (bicyclic) bond motifs is 3. The zero-order valence-corrected chi connectivity index (χ0v) is 25.0. The van der Waals surface area contributed by atoms with Gasteiger partial charge in [0.15, 0.2) is 0 Å². The normalized spacial score (nSPS) is 12.8. The summed E-state index contributed by atoms with van der Waals surface area (Å²) in [6.45, 7) is 11.6. The van der Waals surface area contributed by atoms with Crippen LogP contribution in [-0.2, 0) is 23.9 Å². The Labute approximate surface area is 256 Å². The van der Waals surface area contributed by atoms with E-state index in [-0.39, 0.29) is 17.9 Å². The Balaban J connectivity index is 1.36. The molecule has 1 unspecified atom stereocenters. The van der Waals surface area contributed by atoms with Crippen LogP contribution in [0.2, 0.25) is 0 Å². The molecule has 3 aromatic rings. The van der Waals surface area contributed by atoms with E-state index in [1.807, 2.05) is 32.0 Å². The highest BCUT2D eigenvalue weighted by Gasteiger charge is 2.27. The number of rotatable bonds is 13. The molecule has 3 aromatic carbocycles. The Morgan fingerprint density at radius 1 is 0.864 bits per heavy atom. The van der Waals surface area contributed by atoms with Crippen molar-refractivity contribution in [2.24, 2.45) is 0 Å². The van der Waals surface area contributed by atoms with Crippen LogP contribution in [0.3, 0.4) is 0 Å². The van der Waals surface area contributed by atoms with Crippen LogP contribution < -0.4 is 14.2 Å². The third kappa shape index (κ3) is 7.60. The summed E-state index contributed by atoms with van der Waals surface area (Å²) in [4.78, 5) is 47.9. The quantitative estimate of drug-likeness (QED) is 0.0973. The Kier molecular flexibility index (Phi) is 10.3. The van der Waals surface area contributed by atoms with Gasteiger partial charge in [-0.3, -0.25) is 4.79 Å². The molecule has 0 saturated heterocycles. The molecule has 44 heavy (non-hydrogen) atoms. The van der Waals surface area contributed by atoms with E-state index in [0.29, 0.717) is 48.9 Å². The first-order valence-corrected chi connectivity index (χ1v) is 14.1. The maximum atomic E-state index is 13.0. The molecule has 9 heteroatoms. The van der Waals surface area contributed by atoms with Crippen LogP contribution in [0, 0.1) is 6.92 Å². The van der Waals surface area contributed by atoms with Gasteiger partial charge in [-0.05, 0) is 90.0 Å². The Hall–Kier alpha value is -5.18. The average molecular weight is 599 g/mol. The predicted octanol–water partition coefficient (Wildman–Crippen LogP) is 6.26. The monoisotopic (exact) mass is 598 g/mol. The van der Waals surface area contributed by atoms with Crippen LogP contribution in [0.4, 0.5) is 0 Å². The lowest BCUT2D eigenvalue weighted by molar-refractivity contribution is -0.141. The summed E-state index contributed by atoms with van der Waals surface area (Å²) in [6.07, 6.45) is 2.24. The van der Waals surface area contributed by atoms with Gasteiger partial charge in [-0.15, -0.1) is 0 Å². The zero-order valence-electron chi connectivity index (χ0n) is 25.0.